The first-order valence-electron chi connectivity index (χ1n) is 10.9. The van der Waals surface area contributed by atoms with Crippen molar-refractivity contribution >= 4 is 55.6 Å². The molecule has 0 fully saturated rings. The fourth-order valence-corrected chi connectivity index (χ4v) is 6.28. The molecule has 0 aliphatic heterocycles. The molecule has 0 bridgehead atoms. The molecule has 2 N–H and O–H groups in total. The Morgan fingerprint density at radius 3 is 2.70 bits per heavy atom. The average molecular weight is 558 g/mol. The first kappa shape index (κ1) is 24.8. The summed E-state index contributed by atoms with van der Waals surface area (Å²) >= 11 is 6.90. The van der Waals surface area contributed by atoms with Gasteiger partial charge in [-0.2, -0.15) is 5.10 Å². The zero-order valence-corrected chi connectivity index (χ0v) is 21.7. The number of nitrogens with zero attached hydrogens (tertiary/aromatic N) is 3. The van der Waals surface area contributed by atoms with Crippen LogP contribution in [0.15, 0.2) is 75.9 Å². The Bertz CT molecular complexity index is 1680. The van der Waals surface area contributed by atoms with Crippen molar-refractivity contribution in [2.24, 2.45) is 0 Å². The van der Waals surface area contributed by atoms with Crippen molar-refractivity contribution in [3.05, 3.63) is 88.4 Å². The number of thiophene rings is 1. The number of methoxy groups -OCH3 is 1. The van der Waals surface area contributed by atoms with E-state index >= 15 is 0 Å². The highest BCUT2D eigenvalue weighted by molar-refractivity contribution is 7.94. The Morgan fingerprint density at radius 1 is 1.16 bits per heavy atom. The van der Waals surface area contributed by atoms with Gasteiger partial charge in [0.15, 0.2) is 17.9 Å². The topological polar surface area (TPSA) is 128 Å². The van der Waals surface area contributed by atoms with Crippen molar-refractivity contribution in [3.63, 3.8) is 0 Å². The predicted molar refractivity (Wildman–Crippen MR) is 140 cm³/mol. The number of halogens is 1. The molecule has 0 spiro atoms. The van der Waals surface area contributed by atoms with Crippen LogP contribution < -0.4 is 14.8 Å². The molecule has 190 valence electrons. The van der Waals surface area contributed by atoms with Crippen molar-refractivity contribution in [2.45, 2.75) is 17.3 Å². The van der Waals surface area contributed by atoms with Crippen LogP contribution in [0, 0.1) is 0 Å². The maximum absolute atomic E-state index is 13.0. The molecule has 13 heteroatoms. The highest BCUT2D eigenvalue weighted by atomic mass is 35.5. The minimum absolute atomic E-state index is 0.0791. The summed E-state index contributed by atoms with van der Waals surface area (Å²) in [6.45, 7) is 0.642. The largest absolute Gasteiger partial charge is 0.496 e. The van der Waals surface area contributed by atoms with Gasteiger partial charge in [-0.15, -0.1) is 11.3 Å². The van der Waals surface area contributed by atoms with Gasteiger partial charge in [0.2, 0.25) is 0 Å². The summed E-state index contributed by atoms with van der Waals surface area (Å²) in [5, 5.41) is 7.91. The highest BCUT2D eigenvalue weighted by Crippen LogP contribution is 2.35. The molecular weight excluding hydrogens is 538 g/mol. The molecule has 0 radical (unpaired) electrons. The number of carbonyl (C=O) groups excluding carboxylic acids is 1. The summed E-state index contributed by atoms with van der Waals surface area (Å²) in [5.41, 5.74) is 2.66. The third-order valence-corrected chi connectivity index (χ3v) is 8.51. The van der Waals surface area contributed by atoms with E-state index in [4.69, 9.17) is 20.8 Å². The molecule has 1 amide bonds. The number of ether oxygens (including phenoxy) is 1. The Morgan fingerprint density at radius 2 is 1.97 bits per heavy atom. The first-order valence-corrected chi connectivity index (χ1v) is 13.6. The van der Waals surface area contributed by atoms with E-state index in [1.165, 1.54) is 31.9 Å². The van der Waals surface area contributed by atoms with Gasteiger partial charge in [0, 0.05) is 6.54 Å². The SMILES string of the molecule is COc1cccc2c1c(NS(=O)(=O)c1ccc(Cl)s1)nn2Cc1cccc(CNC(=O)c2cocn2)c1. The van der Waals surface area contributed by atoms with E-state index < -0.39 is 10.0 Å². The van der Waals surface area contributed by atoms with Crippen molar-refractivity contribution in [3.8, 4) is 5.75 Å². The van der Waals surface area contributed by atoms with Crippen molar-refractivity contribution < 1.29 is 22.4 Å². The molecule has 5 rings (SSSR count). The number of amides is 1. The minimum Gasteiger partial charge on any atom is -0.496 e. The van der Waals surface area contributed by atoms with Gasteiger partial charge in [-0.3, -0.25) is 14.2 Å². The van der Waals surface area contributed by atoms with E-state index in [2.05, 4.69) is 20.1 Å². The second-order valence-corrected chi connectivity index (χ2v) is 11.5. The van der Waals surface area contributed by atoms with Gasteiger partial charge in [-0.05, 0) is 35.4 Å². The second kappa shape index (κ2) is 10.2. The number of anilines is 1. The van der Waals surface area contributed by atoms with Crippen molar-refractivity contribution in [1.82, 2.24) is 20.1 Å². The number of benzene rings is 2. The number of hydrogen-bond donors (Lipinski definition) is 2. The summed E-state index contributed by atoms with van der Waals surface area (Å²) in [6, 6.07) is 16.0. The number of nitrogens with one attached hydrogen (secondary N) is 2. The lowest BCUT2D eigenvalue weighted by atomic mass is 10.1. The van der Waals surface area contributed by atoms with Crippen LogP contribution in [0.25, 0.3) is 10.9 Å². The lowest BCUT2D eigenvalue weighted by Gasteiger charge is -2.08. The third kappa shape index (κ3) is 5.31. The fourth-order valence-electron chi connectivity index (χ4n) is 3.79. The van der Waals surface area contributed by atoms with Gasteiger partial charge >= 0.3 is 0 Å². The average Bonchev–Trinajstić information content (AvgIpc) is 3.64. The lowest BCUT2D eigenvalue weighted by molar-refractivity contribution is 0.0946. The lowest BCUT2D eigenvalue weighted by Crippen LogP contribution is -2.23. The van der Waals surface area contributed by atoms with Crippen molar-refractivity contribution in [2.75, 3.05) is 11.8 Å². The molecule has 3 heterocycles. The van der Waals surface area contributed by atoms with Crippen molar-refractivity contribution in [1.29, 1.82) is 0 Å². The van der Waals surface area contributed by atoms with Gasteiger partial charge in [0.1, 0.15) is 16.2 Å². The smallest absolute Gasteiger partial charge is 0.273 e. The number of carbonyl (C=O) groups is 1. The monoisotopic (exact) mass is 557 g/mol. The zero-order valence-electron chi connectivity index (χ0n) is 19.3. The molecule has 0 aliphatic rings. The Kier molecular flexibility index (Phi) is 6.87. The molecule has 10 nitrogen and oxygen atoms in total. The van der Waals surface area contributed by atoms with E-state index in [9.17, 15) is 13.2 Å². The molecule has 37 heavy (non-hydrogen) atoms. The molecule has 0 saturated heterocycles. The summed E-state index contributed by atoms with van der Waals surface area (Å²) < 4.78 is 41.0. The van der Waals surface area contributed by atoms with Crippen LogP contribution in [0.4, 0.5) is 5.82 Å². The van der Waals surface area contributed by atoms with Crippen LogP contribution in [0.5, 0.6) is 5.75 Å². The number of rotatable bonds is 9. The standard InChI is InChI=1S/C24H20ClN5O5S2/c1-34-19-7-3-6-18-22(19)23(29-37(32,33)21-9-8-20(25)36-21)28-30(18)12-16-5-2-4-15(10-16)11-26-24(31)17-13-35-14-27-17/h2-10,13-14H,11-12H2,1H3,(H,26,31)(H,28,29). The van der Waals surface area contributed by atoms with Gasteiger partial charge < -0.3 is 14.5 Å². The van der Waals surface area contributed by atoms with Crippen LogP contribution >= 0.6 is 22.9 Å². The molecule has 0 atom stereocenters. The number of fused-ring (bicyclic) bond motifs is 1. The maximum Gasteiger partial charge on any atom is 0.273 e. The van der Waals surface area contributed by atoms with Crippen LogP contribution in [-0.2, 0) is 23.1 Å². The van der Waals surface area contributed by atoms with Gasteiger partial charge in [-0.25, -0.2) is 13.4 Å². The second-order valence-electron chi connectivity index (χ2n) is 7.90. The number of sulfonamides is 1. The van der Waals surface area contributed by atoms with Crippen LogP contribution in [0.2, 0.25) is 4.34 Å². The van der Waals surface area contributed by atoms with Gasteiger partial charge in [0.25, 0.3) is 15.9 Å². The van der Waals surface area contributed by atoms with E-state index in [1.54, 1.807) is 10.7 Å². The van der Waals surface area contributed by atoms with Gasteiger partial charge in [0.05, 0.1) is 28.9 Å². The van der Waals surface area contributed by atoms with E-state index in [0.717, 1.165) is 22.5 Å². The number of aromatic nitrogens is 3. The normalized spacial score (nSPS) is 11.5. The summed E-state index contributed by atoms with van der Waals surface area (Å²) in [7, 11) is -2.39. The molecule has 2 aromatic carbocycles. The summed E-state index contributed by atoms with van der Waals surface area (Å²) in [5.74, 6) is 0.288. The van der Waals surface area contributed by atoms with E-state index in [-0.39, 0.29) is 21.6 Å². The van der Waals surface area contributed by atoms with Crippen LogP contribution in [0.1, 0.15) is 21.6 Å². The van der Waals surface area contributed by atoms with E-state index in [1.807, 2.05) is 36.4 Å². The quantitative estimate of drug-likeness (QED) is 0.272. The first-order chi connectivity index (χ1) is 17.8. The predicted octanol–water partition coefficient (Wildman–Crippen LogP) is 4.53. The van der Waals surface area contributed by atoms with Crippen LogP contribution in [0.3, 0.4) is 0 Å². The molecular formula is C24H20ClN5O5S2. The summed E-state index contributed by atoms with van der Waals surface area (Å²) in [6.07, 6.45) is 2.48. The molecule has 3 aromatic heterocycles. The number of hydrogen-bond acceptors (Lipinski definition) is 8. The van der Waals surface area contributed by atoms with Gasteiger partial charge in [-0.1, -0.05) is 41.9 Å². The fraction of sp³-hybridized carbons (Fsp3) is 0.125. The van der Waals surface area contributed by atoms with E-state index in [0.29, 0.717) is 34.1 Å². The third-order valence-electron chi connectivity index (χ3n) is 5.45. The Labute approximate surface area is 220 Å². The highest BCUT2D eigenvalue weighted by Gasteiger charge is 2.23. The maximum atomic E-state index is 13.0. The molecule has 5 aromatic rings. The Balaban J connectivity index is 1.43. The minimum atomic E-state index is -3.91. The molecule has 0 aliphatic carbocycles. The number of oxazole rings is 1. The van der Waals surface area contributed by atoms with Crippen LogP contribution in [-0.4, -0.2) is 36.2 Å². The molecule has 0 unspecified atom stereocenters. The Hall–Kier alpha value is -3.87. The molecule has 0 saturated carbocycles. The summed E-state index contributed by atoms with van der Waals surface area (Å²) in [4.78, 5) is 16.0. The zero-order chi connectivity index (χ0) is 26.0.